The molecule has 0 radical (unpaired) electrons. The molecule has 98 valence electrons. The highest BCUT2D eigenvalue weighted by atomic mass is 32.2. The highest BCUT2D eigenvalue weighted by Gasteiger charge is 2.10. The van der Waals surface area contributed by atoms with E-state index in [1.165, 1.54) is 0 Å². The molecular weight excluding hydrogens is 274 g/mol. The van der Waals surface area contributed by atoms with Crippen LogP contribution in [0, 0.1) is 0 Å². The molecule has 2 rings (SSSR count). The monoisotopic (exact) mass is 289 g/mol. The van der Waals surface area contributed by atoms with Crippen LogP contribution >= 0.6 is 24.0 Å². The molecule has 0 aliphatic carbocycles. The summed E-state index contributed by atoms with van der Waals surface area (Å²) in [6.07, 6.45) is 3.59. The number of rotatable bonds is 5. The number of benzene rings is 1. The molecule has 0 atom stereocenters. The molecule has 19 heavy (non-hydrogen) atoms. The number of thiocarbonyl (C=S) groups is 1. The van der Waals surface area contributed by atoms with Gasteiger partial charge in [-0.1, -0.05) is 55.5 Å². The van der Waals surface area contributed by atoms with Crippen molar-refractivity contribution in [1.82, 2.24) is 9.97 Å². The van der Waals surface area contributed by atoms with E-state index in [0.717, 1.165) is 28.5 Å². The van der Waals surface area contributed by atoms with Crippen LogP contribution in [0.2, 0.25) is 0 Å². The zero-order chi connectivity index (χ0) is 13.7. The first kappa shape index (κ1) is 14.0. The number of aromatic nitrogens is 2. The van der Waals surface area contributed by atoms with Gasteiger partial charge in [0.15, 0.2) is 0 Å². The van der Waals surface area contributed by atoms with E-state index in [9.17, 15) is 0 Å². The average molecular weight is 289 g/mol. The highest BCUT2D eigenvalue weighted by molar-refractivity contribution is 7.99. The summed E-state index contributed by atoms with van der Waals surface area (Å²) in [4.78, 5) is 10.4. The first-order valence-corrected chi connectivity index (χ1v) is 7.31. The first-order valence-electron chi connectivity index (χ1n) is 6.09. The molecule has 0 spiro atoms. The second kappa shape index (κ2) is 6.63. The van der Waals surface area contributed by atoms with E-state index in [0.29, 0.717) is 5.69 Å². The average Bonchev–Trinajstić information content (AvgIpc) is 2.42. The summed E-state index contributed by atoms with van der Waals surface area (Å²) in [5.41, 5.74) is 7.19. The Balaban J connectivity index is 2.34. The molecule has 0 aliphatic rings. The van der Waals surface area contributed by atoms with Crippen LogP contribution in [0.1, 0.15) is 24.7 Å². The zero-order valence-electron chi connectivity index (χ0n) is 10.7. The van der Waals surface area contributed by atoms with Gasteiger partial charge in [-0.25, -0.2) is 4.98 Å². The minimum absolute atomic E-state index is 0.283. The summed E-state index contributed by atoms with van der Waals surface area (Å²) in [5, 5.41) is 0.887. The Bertz CT molecular complexity index is 570. The van der Waals surface area contributed by atoms with Crippen LogP contribution in [0.5, 0.6) is 0 Å². The van der Waals surface area contributed by atoms with Gasteiger partial charge in [0.2, 0.25) is 0 Å². The van der Waals surface area contributed by atoms with E-state index in [-0.39, 0.29) is 4.99 Å². The lowest BCUT2D eigenvalue weighted by Crippen LogP contribution is -2.13. The molecule has 0 unspecified atom stereocenters. The third-order valence-electron chi connectivity index (χ3n) is 2.51. The molecule has 5 heteroatoms. The van der Waals surface area contributed by atoms with Gasteiger partial charge in [0.1, 0.15) is 15.7 Å². The van der Waals surface area contributed by atoms with Crippen molar-refractivity contribution in [1.29, 1.82) is 0 Å². The first-order chi connectivity index (χ1) is 9.20. The van der Waals surface area contributed by atoms with Gasteiger partial charge in [0, 0.05) is 4.90 Å². The maximum Gasteiger partial charge on any atom is 0.124 e. The van der Waals surface area contributed by atoms with Gasteiger partial charge in [-0.15, -0.1) is 0 Å². The van der Waals surface area contributed by atoms with E-state index in [4.69, 9.17) is 18.0 Å². The van der Waals surface area contributed by atoms with Crippen molar-refractivity contribution in [3.8, 4) is 0 Å². The van der Waals surface area contributed by atoms with Crippen molar-refractivity contribution in [2.75, 3.05) is 0 Å². The molecule has 0 aliphatic heterocycles. The van der Waals surface area contributed by atoms with Gasteiger partial charge in [0.05, 0.1) is 11.9 Å². The molecule has 3 nitrogen and oxygen atoms in total. The third kappa shape index (κ3) is 3.75. The summed E-state index contributed by atoms with van der Waals surface area (Å²) in [7, 11) is 0. The largest absolute Gasteiger partial charge is 0.388 e. The second-order valence-electron chi connectivity index (χ2n) is 4.04. The number of hydrogen-bond acceptors (Lipinski definition) is 4. The molecule has 0 bridgehead atoms. The summed E-state index contributed by atoms with van der Waals surface area (Å²) in [6.45, 7) is 2.13. The summed E-state index contributed by atoms with van der Waals surface area (Å²) in [5.74, 6) is 0. The molecule has 1 heterocycles. The fraction of sp³-hybridized carbons (Fsp3) is 0.214. The Labute approximate surface area is 122 Å². The Morgan fingerprint density at radius 3 is 2.68 bits per heavy atom. The lowest BCUT2D eigenvalue weighted by molar-refractivity contribution is 0.823. The van der Waals surface area contributed by atoms with Gasteiger partial charge in [-0.05, 0) is 18.6 Å². The summed E-state index contributed by atoms with van der Waals surface area (Å²) in [6, 6.07) is 10.1. The second-order valence-corrected chi connectivity index (χ2v) is 5.54. The smallest absolute Gasteiger partial charge is 0.124 e. The Morgan fingerprint density at radius 2 is 2.05 bits per heavy atom. The molecule has 0 fully saturated rings. The van der Waals surface area contributed by atoms with Crippen LogP contribution in [-0.4, -0.2) is 15.0 Å². The van der Waals surface area contributed by atoms with E-state index in [1.54, 1.807) is 18.0 Å². The fourth-order valence-corrected chi connectivity index (χ4v) is 2.64. The third-order valence-corrected chi connectivity index (χ3v) is 3.75. The van der Waals surface area contributed by atoms with Crippen LogP contribution in [0.25, 0.3) is 0 Å². The van der Waals surface area contributed by atoms with Crippen molar-refractivity contribution in [3.63, 3.8) is 0 Å². The molecular formula is C14H15N3S2. The van der Waals surface area contributed by atoms with Crippen LogP contribution in [0.4, 0.5) is 0 Å². The lowest BCUT2D eigenvalue weighted by Gasteiger charge is -2.08. The predicted molar refractivity (Wildman–Crippen MR) is 82.5 cm³/mol. The van der Waals surface area contributed by atoms with Gasteiger partial charge >= 0.3 is 0 Å². The van der Waals surface area contributed by atoms with E-state index >= 15 is 0 Å². The Hall–Kier alpha value is -1.46. The maximum atomic E-state index is 5.62. The van der Waals surface area contributed by atoms with Crippen LogP contribution in [-0.2, 0) is 6.42 Å². The predicted octanol–water partition coefficient (Wildman–Crippen LogP) is 3.21. The lowest BCUT2D eigenvalue weighted by atomic mass is 10.2. The van der Waals surface area contributed by atoms with Crippen molar-refractivity contribution in [3.05, 3.63) is 47.9 Å². The highest BCUT2D eigenvalue weighted by Crippen LogP contribution is 2.28. The maximum absolute atomic E-state index is 5.62. The van der Waals surface area contributed by atoms with Gasteiger partial charge in [0.25, 0.3) is 0 Å². The Morgan fingerprint density at radius 1 is 1.32 bits per heavy atom. The number of nitrogens with two attached hydrogens (primary N) is 1. The number of hydrogen-bond donors (Lipinski definition) is 1. The fourth-order valence-electron chi connectivity index (χ4n) is 1.61. The zero-order valence-corrected chi connectivity index (χ0v) is 12.3. The van der Waals surface area contributed by atoms with Gasteiger partial charge in [-0.2, -0.15) is 0 Å². The summed E-state index contributed by atoms with van der Waals surface area (Å²) >= 11 is 6.56. The number of nitrogens with zero attached hydrogens (tertiary/aromatic N) is 2. The minimum atomic E-state index is 0.283. The van der Waals surface area contributed by atoms with E-state index in [2.05, 4.69) is 29.0 Å². The van der Waals surface area contributed by atoms with E-state index in [1.807, 2.05) is 18.2 Å². The summed E-state index contributed by atoms with van der Waals surface area (Å²) < 4.78 is 0. The quantitative estimate of drug-likeness (QED) is 0.857. The van der Waals surface area contributed by atoms with Gasteiger partial charge < -0.3 is 5.73 Å². The molecule has 0 amide bonds. The van der Waals surface area contributed by atoms with Gasteiger partial charge in [-0.3, -0.25) is 4.98 Å². The standard InChI is InChI=1S/C14H15N3S2/c1-2-6-11-14(17-12(9-16-11)13(15)18)19-10-7-4-3-5-8-10/h3-5,7-9H,2,6H2,1H3,(H2,15,18). The van der Waals surface area contributed by atoms with Crippen LogP contribution in [0.3, 0.4) is 0 Å². The molecule has 0 saturated heterocycles. The SMILES string of the molecule is CCCc1ncc(C(N)=S)nc1Sc1ccccc1. The van der Waals surface area contributed by atoms with Crippen molar-refractivity contribution < 1.29 is 0 Å². The van der Waals surface area contributed by atoms with Crippen molar-refractivity contribution >= 4 is 29.0 Å². The van der Waals surface area contributed by atoms with Crippen LogP contribution < -0.4 is 5.73 Å². The normalized spacial score (nSPS) is 10.4. The molecule has 1 aromatic carbocycles. The molecule has 2 N–H and O–H groups in total. The topological polar surface area (TPSA) is 51.8 Å². The minimum Gasteiger partial charge on any atom is -0.388 e. The van der Waals surface area contributed by atoms with Crippen molar-refractivity contribution in [2.24, 2.45) is 5.73 Å². The molecule has 1 aromatic heterocycles. The number of aryl methyl sites for hydroxylation is 1. The Kier molecular flexibility index (Phi) is 4.87. The molecule has 2 aromatic rings. The van der Waals surface area contributed by atoms with Crippen molar-refractivity contribution in [2.45, 2.75) is 29.7 Å². The van der Waals surface area contributed by atoms with E-state index < -0.39 is 0 Å². The van der Waals surface area contributed by atoms with Crippen LogP contribution in [0.15, 0.2) is 46.5 Å². The molecule has 0 saturated carbocycles.